The van der Waals surface area contributed by atoms with Crippen LogP contribution in [-0.2, 0) is 4.79 Å². The first-order valence-corrected chi connectivity index (χ1v) is 5.39. The van der Waals surface area contributed by atoms with E-state index in [9.17, 15) is 13.6 Å². The molecule has 1 amide bonds. The van der Waals surface area contributed by atoms with Crippen LogP contribution >= 0.6 is 15.9 Å². The predicted molar refractivity (Wildman–Crippen MR) is 64.1 cm³/mol. The number of halogens is 3. The molecule has 1 unspecified atom stereocenters. The Hall–Kier alpha value is -1.45. The van der Waals surface area contributed by atoms with Gasteiger partial charge in [-0.1, -0.05) is 0 Å². The minimum Gasteiger partial charge on any atom is -0.322 e. The van der Waals surface area contributed by atoms with E-state index in [0.29, 0.717) is 6.07 Å². The van der Waals surface area contributed by atoms with Gasteiger partial charge in [0.25, 0.3) is 0 Å². The van der Waals surface area contributed by atoms with Crippen molar-refractivity contribution in [2.24, 2.45) is 5.73 Å². The molecule has 0 spiro atoms. The molecule has 0 fully saturated rings. The monoisotopic (exact) mass is 302 g/mol. The Balaban J connectivity index is 2.86. The number of terminal acetylenes is 1. The van der Waals surface area contributed by atoms with Crippen molar-refractivity contribution in [3.05, 3.63) is 28.2 Å². The van der Waals surface area contributed by atoms with Gasteiger partial charge in [0.1, 0.15) is 11.6 Å². The molecule has 17 heavy (non-hydrogen) atoms. The van der Waals surface area contributed by atoms with Gasteiger partial charge in [-0.15, -0.1) is 12.3 Å². The number of carbonyl (C=O) groups excluding carboxylic acids is 1. The van der Waals surface area contributed by atoms with Crippen LogP contribution in [-0.4, -0.2) is 11.9 Å². The maximum absolute atomic E-state index is 13.3. The highest BCUT2D eigenvalue weighted by atomic mass is 79.9. The lowest BCUT2D eigenvalue weighted by Crippen LogP contribution is -2.35. The van der Waals surface area contributed by atoms with Crippen molar-refractivity contribution in [2.45, 2.75) is 12.5 Å². The van der Waals surface area contributed by atoms with Crippen LogP contribution in [0.4, 0.5) is 14.5 Å². The summed E-state index contributed by atoms with van der Waals surface area (Å²) in [5.41, 5.74) is 5.27. The second-order valence-corrected chi connectivity index (χ2v) is 4.10. The molecule has 0 aliphatic carbocycles. The topological polar surface area (TPSA) is 55.1 Å². The van der Waals surface area contributed by atoms with Crippen molar-refractivity contribution in [1.82, 2.24) is 0 Å². The van der Waals surface area contributed by atoms with E-state index in [0.717, 1.165) is 6.07 Å². The Labute approximate surface area is 106 Å². The third-order valence-corrected chi connectivity index (χ3v) is 2.55. The number of hydrogen-bond donors (Lipinski definition) is 2. The minimum absolute atomic E-state index is 0.0375. The summed E-state index contributed by atoms with van der Waals surface area (Å²) < 4.78 is 26.3. The molecule has 0 saturated carbocycles. The quantitative estimate of drug-likeness (QED) is 0.663. The van der Waals surface area contributed by atoms with Crippen LogP contribution in [0.1, 0.15) is 6.42 Å². The Kier molecular flexibility index (Phi) is 4.61. The van der Waals surface area contributed by atoms with Crippen LogP contribution in [0.5, 0.6) is 0 Å². The minimum atomic E-state index is -0.928. The van der Waals surface area contributed by atoms with Gasteiger partial charge in [0.2, 0.25) is 5.91 Å². The summed E-state index contributed by atoms with van der Waals surface area (Å²) in [7, 11) is 0. The predicted octanol–water partition coefficient (Wildman–Crippen LogP) is 2.02. The fraction of sp³-hybridized carbons (Fsp3) is 0.182. The standard InChI is InChI=1S/C11H9BrF2N2O/c1-2-3-9(15)11(17)16-10-4-6(12)7(13)5-8(10)14/h1,4-5,9H,3,15H2,(H,16,17). The zero-order chi connectivity index (χ0) is 13.0. The summed E-state index contributed by atoms with van der Waals surface area (Å²) in [4.78, 5) is 11.4. The van der Waals surface area contributed by atoms with Crippen LogP contribution in [0.2, 0.25) is 0 Å². The molecule has 1 rings (SSSR count). The molecular weight excluding hydrogens is 294 g/mol. The fourth-order valence-electron chi connectivity index (χ4n) is 1.06. The van der Waals surface area contributed by atoms with E-state index in [1.165, 1.54) is 0 Å². The first kappa shape index (κ1) is 13.6. The van der Waals surface area contributed by atoms with Crippen LogP contribution in [0.25, 0.3) is 0 Å². The smallest absolute Gasteiger partial charge is 0.242 e. The van der Waals surface area contributed by atoms with Gasteiger partial charge in [0.05, 0.1) is 16.2 Å². The fourth-order valence-corrected chi connectivity index (χ4v) is 1.41. The van der Waals surface area contributed by atoms with Gasteiger partial charge in [-0.25, -0.2) is 8.78 Å². The van der Waals surface area contributed by atoms with Crippen molar-refractivity contribution in [2.75, 3.05) is 5.32 Å². The lowest BCUT2D eigenvalue weighted by Gasteiger charge is -2.11. The van der Waals surface area contributed by atoms with Gasteiger partial charge >= 0.3 is 0 Å². The first-order valence-electron chi connectivity index (χ1n) is 4.60. The molecule has 3 nitrogen and oxygen atoms in total. The summed E-state index contributed by atoms with van der Waals surface area (Å²) in [6.07, 6.45) is 5.03. The number of nitrogens with one attached hydrogen (secondary N) is 1. The van der Waals surface area contributed by atoms with Gasteiger partial charge in [0, 0.05) is 12.5 Å². The molecule has 6 heteroatoms. The average molecular weight is 303 g/mol. The van der Waals surface area contributed by atoms with Crippen molar-refractivity contribution in [1.29, 1.82) is 0 Å². The Bertz CT molecular complexity index is 485. The molecule has 0 aromatic heterocycles. The van der Waals surface area contributed by atoms with E-state index in [4.69, 9.17) is 12.2 Å². The van der Waals surface area contributed by atoms with Crippen molar-refractivity contribution in [3.8, 4) is 12.3 Å². The number of carbonyl (C=O) groups is 1. The number of amides is 1. The first-order chi connectivity index (χ1) is 7.95. The largest absolute Gasteiger partial charge is 0.322 e. The summed E-state index contributed by atoms with van der Waals surface area (Å²) in [5.74, 6) is -0.0428. The maximum atomic E-state index is 13.3. The van der Waals surface area contributed by atoms with E-state index in [2.05, 4.69) is 27.2 Å². The molecule has 3 N–H and O–H groups in total. The lowest BCUT2D eigenvalue weighted by molar-refractivity contribution is -0.117. The Morgan fingerprint density at radius 2 is 2.18 bits per heavy atom. The van der Waals surface area contributed by atoms with Crippen molar-refractivity contribution in [3.63, 3.8) is 0 Å². The number of rotatable bonds is 3. The summed E-state index contributed by atoms with van der Waals surface area (Å²) in [6, 6.07) is 0.848. The summed E-state index contributed by atoms with van der Waals surface area (Å²) in [5, 5.41) is 2.23. The molecular formula is C11H9BrF2N2O. The van der Waals surface area contributed by atoms with Crippen LogP contribution in [0, 0.1) is 24.0 Å². The van der Waals surface area contributed by atoms with E-state index >= 15 is 0 Å². The molecule has 0 heterocycles. The Morgan fingerprint density at radius 3 is 2.76 bits per heavy atom. The van der Waals surface area contributed by atoms with Crippen molar-refractivity contribution < 1.29 is 13.6 Å². The van der Waals surface area contributed by atoms with E-state index in [-0.39, 0.29) is 16.6 Å². The third kappa shape index (κ3) is 3.51. The third-order valence-electron chi connectivity index (χ3n) is 1.94. The molecule has 0 aliphatic heterocycles. The van der Waals surface area contributed by atoms with Crippen molar-refractivity contribution >= 4 is 27.5 Å². The van der Waals surface area contributed by atoms with Crippen LogP contribution in [0.15, 0.2) is 16.6 Å². The van der Waals surface area contributed by atoms with Gasteiger partial charge in [-0.05, 0) is 22.0 Å². The lowest BCUT2D eigenvalue weighted by atomic mass is 10.2. The highest BCUT2D eigenvalue weighted by Crippen LogP contribution is 2.23. The number of anilines is 1. The zero-order valence-electron chi connectivity index (χ0n) is 8.64. The summed E-state index contributed by atoms with van der Waals surface area (Å²) >= 11 is 2.88. The average Bonchev–Trinajstić information content (AvgIpc) is 2.26. The summed E-state index contributed by atoms with van der Waals surface area (Å²) in [6.45, 7) is 0. The molecule has 1 aromatic rings. The van der Waals surface area contributed by atoms with E-state index < -0.39 is 23.6 Å². The van der Waals surface area contributed by atoms with E-state index in [1.807, 2.05) is 0 Å². The second-order valence-electron chi connectivity index (χ2n) is 3.25. The normalized spacial score (nSPS) is 11.7. The van der Waals surface area contributed by atoms with Gasteiger partial charge in [-0.2, -0.15) is 0 Å². The molecule has 1 aromatic carbocycles. The second kappa shape index (κ2) is 5.75. The number of benzene rings is 1. The van der Waals surface area contributed by atoms with Crippen LogP contribution < -0.4 is 11.1 Å². The Morgan fingerprint density at radius 1 is 1.53 bits per heavy atom. The SMILES string of the molecule is C#CCC(N)C(=O)Nc1cc(Br)c(F)cc1F. The molecule has 0 saturated heterocycles. The molecule has 0 bridgehead atoms. The van der Waals surface area contributed by atoms with E-state index in [1.54, 1.807) is 0 Å². The van der Waals surface area contributed by atoms with Gasteiger partial charge in [-0.3, -0.25) is 4.79 Å². The molecule has 90 valence electrons. The zero-order valence-corrected chi connectivity index (χ0v) is 10.2. The maximum Gasteiger partial charge on any atom is 0.242 e. The highest BCUT2D eigenvalue weighted by Gasteiger charge is 2.15. The molecule has 1 atom stereocenters. The van der Waals surface area contributed by atoms with Gasteiger partial charge in [0.15, 0.2) is 0 Å². The molecule has 0 radical (unpaired) electrons. The van der Waals surface area contributed by atoms with Gasteiger partial charge < -0.3 is 11.1 Å². The molecule has 0 aliphatic rings. The van der Waals surface area contributed by atoms with Crippen LogP contribution in [0.3, 0.4) is 0 Å². The number of hydrogen-bond acceptors (Lipinski definition) is 2. The highest BCUT2D eigenvalue weighted by molar-refractivity contribution is 9.10. The number of nitrogens with two attached hydrogens (primary N) is 1.